The highest BCUT2D eigenvalue weighted by Gasteiger charge is 2.16. The standard InChI is InChI=1S/C12H12N2O2S/c1-9-12(17-7-14-9)6-11(16-8-15)10-4-2-3-5-13-10/h2-5,7-8,11H,6H2,1H3. The number of rotatable bonds is 5. The molecule has 17 heavy (non-hydrogen) atoms. The summed E-state index contributed by atoms with van der Waals surface area (Å²) in [5.41, 5.74) is 3.53. The van der Waals surface area contributed by atoms with Gasteiger partial charge in [-0.05, 0) is 19.1 Å². The molecular weight excluding hydrogens is 236 g/mol. The number of thiazole rings is 1. The molecule has 4 nitrogen and oxygen atoms in total. The molecule has 5 heteroatoms. The Kier molecular flexibility index (Phi) is 3.82. The zero-order valence-electron chi connectivity index (χ0n) is 9.37. The molecule has 0 aromatic carbocycles. The van der Waals surface area contributed by atoms with E-state index in [9.17, 15) is 4.79 Å². The van der Waals surface area contributed by atoms with Gasteiger partial charge in [0.25, 0.3) is 6.47 Å². The number of hydrogen-bond acceptors (Lipinski definition) is 5. The molecule has 0 aliphatic rings. The fraction of sp³-hybridized carbons (Fsp3) is 0.250. The molecular formula is C12H12N2O2S. The summed E-state index contributed by atoms with van der Waals surface area (Å²) in [5, 5.41) is 0. The molecule has 0 bridgehead atoms. The highest BCUT2D eigenvalue weighted by molar-refractivity contribution is 7.09. The van der Waals surface area contributed by atoms with Crippen LogP contribution < -0.4 is 0 Å². The molecule has 0 aliphatic carbocycles. The van der Waals surface area contributed by atoms with E-state index in [1.165, 1.54) is 0 Å². The molecule has 0 saturated carbocycles. The van der Waals surface area contributed by atoms with Crippen molar-refractivity contribution in [3.8, 4) is 0 Å². The van der Waals surface area contributed by atoms with Crippen molar-refractivity contribution < 1.29 is 9.53 Å². The van der Waals surface area contributed by atoms with Crippen LogP contribution in [0.5, 0.6) is 0 Å². The second-order valence-electron chi connectivity index (χ2n) is 3.54. The van der Waals surface area contributed by atoms with Gasteiger partial charge in [0.2, 0.25) is 0 Å². The summed E-state index contributed by atoms with van der Waals surface area (Å²) in [6.07, 6.45) is 1.97. The van der Waals surface area contributed by atoms with Gasteiger partial charge in [-0.15, -0.1) is 11.3 Å². The van der Waals surface area contributed by atoms with Crippen LogP contribution in [0.4, 0.5) is 0 Å². The van der Waals surface area contributed by atoms with Crippen LogP contribution in [0.15, 0.2) is 29.9 Å². The molecule has 0 amide bonds. The van der Waals surface area contributed by atoms with E-state index in [4.69, 9.17) is 4.74 Å². The summed E-state index contributed by atoms with van der Waals surface area (Å²) in [6, 6.07) is 5.56. The largest absolute Gasteiger partial charge is 0.458 e. The Morgan fingerprint density at radius 1 is 1.47 bits per heavy atom. The lowest BCUT2D eigenvalue weighted by atomic mass is 10.1. The predicted molar refractivity (Wildman–Crippen MR) is 64.7 cm³/mol. The van der Waals surface area contributed by atoms with Gasteiger partial charge in [0.1, 0.15) is 6.10 Å². The Bertz CT molecular complexity index is 484. The lowest BCUT2D eigenvalue weighted by Gasteiger charge is -2.13. The molecule has 2 rings (SSSR count). The fourth-order valence-electron chi connectivity index (χ4n) is 1.55. The van der Waals surface area contributed by atoms with Crippen molar-refractivity contribution in [2.24, 2.45) is 0 Å². The summed E-state index contributed by atoms with van der Waals surface area (Å²) >= 11 is 1.56. The number of carbonyl (C=O) groups excluding carboxylic acids is 1. The number of ether oxygens (including phenoxy) is 1. The first kappa shape index (κ1) is 11.7. The Balaban J connectivity index is 2.19. The van der Waals surface area contributed by atoms with Crippen LogP contribution in [0.1, 0.15) is 22.4 Å². The number of nitrogens with zero attached hydrogens (tertiary/aromatic N) is 2. The maximum Gasteiger partial charge on any atom is 0.293 e. The maximum absolute atomic E-state index is 10.5. The SMILES string of the molecule is Cc1ncsc1CC(OC=O)c1ccccn1. The first-order valence-electron chi connectivity index (χ1n) is 5.20. The fourth-order valence-corrected chi connectivity index (χ4v) is 2.36. The first-order valence-corrected chi connectivity index (χ1v) is 6.08. The normalized spacial score (nSPS) is 12.1. The number of pyridine rings is 1. The highest BCUT2D eigenvalue weighted by atomic mass is 32.1. The van der Waals surface area contributed by atoms with E-state index in [1.807, 2.05) is 25.1 Å². The zero-order chi connectivity index (χ0) is 12.1. The Morgan fingerprint density at radius 3 is 2.94 bits per heavy atom. The summed E-state index contributed by atoms with van der Waals surface area (Å²) < 4.78 is 5.09. The third-order valence-electron chi connectivity index (χ3n) is 2.45. The summed E-state index contributed by atoms with van der Waals surface area (Å²) in [4.78, 5) is 20.0. The lowest BCUT2D eigenvalue weighted by molar-refractivity contribution is -0.134. The monoisotopic (exact) mass is 248 g/mol. The molecule has 1 unspecified atom stereocenters. The zero-order valence-corrected chi connectivity index (χ0v) is 10.2. The van der Waals surface area contributed by atoms with Gasteiger partial charge in [-0.2, -0.15) is 0 Å². The molecule has 0 aliphatic heterocycles. The number of carbonyl (C=O) groups is 1. The van der Waals surface area contributed by atoms with Crippen molar-refractivity contribution in [1.82, 2.24) is 9.97 Å². The molecule has 0 spiro atoms. The van der Waals surface area contributed by atoms with Crippen molar-refractivity contribution in [2.45, 2.75) is 19.4 Å². The van der Waals surface area contributed by atoms with Gasteiger partial charge >= 0.3 is 0 Å². The highest BCUT2D eigenvalue weighted by Crippen LogP contribution is 2.23. The van der Waals surface area contributed by atoms with E-state index in [-0.39, 0.29) is 6.10 Å². The topological polar surface area (TPSA) is 52.1 Å². The molecule has 0 N–H and O–H groups in total. The Labute approximate surface area is 103 Å². The summed E-state index contributed by atoms with van der Waals surface area (Å²) in [7, 11) is 0. The molecule has 88 valence electrons. The molecule has 2 aromatic rings. The smallest absolute Gasteiger partial charge is 0.293 e. The average Bonchev–Trinajstić information content (AvgIpc) is 2.76. The van der Waals surface area contributed by atoms with Gasteiger partial charge in [-0.3, -0.25) is 9.78 Å². The van der Waals surface area contributed by atoms with Crippen LogP contribution >= 0.6 is 11.3 Å². The molecule has 0 saturated heterocycles. The molecule has 0 fully saturated rings. The third kappa shape index (κ3) is 2.88. The molecule has 0 radical (unpaired) electrons. The van der Waals surface area contributed by atoms with Crippen molar-refractivity contribution in [1.29, 1.82) is 0 Å². The van der Waals surface area contributed by atoms with Crippen molar-refractivity contribution in [3.05, 3.63) is 46.2 Å². The van der Waals surface area contributed by atoms with E-state index in [0.29, 0.717) is 12.9 Å². The van der Waals surface area contributed by atoms with E-state index < -0.39 is 0 Å². The summed E-state index contributed by atoms with van der Waals surface area (Å²) in [6.45, 7) is 2.41. The second kappa shape index (κ2) is 5.54. The minimum atomic E-state index is -0.340. The van der Waals surface area contributed by atoms with Crippen LogP contribution in [-0.2, 0) is 16.0 Å². The number of hydrogen-bond donors (Lipinski definition) is 0. The molecule has 2 aromatic heterocycles. The lowest BCUT2D eigenvalue weighted by Crippen LogP contribution is -2.08. The quantitative estimate of drug-likeness (QED) is 0.762. The van der Waals surface area contributed by atoms with E-state index in [2.05, 4.69) is 9.97 Å². The van der Waals surface area contributed by atoms with E-state index in [0.717, 1.165) is 16.3 Å². The molecule has 2 heterocycles. The third-order valence-corrected chi connectivity index (χ3v) is 3.41. The second-order valence-corrected chi connectivity index (χ2v) is 4.48. The van der Waals surface area contributed by atoms with Gasteiger partial charge in [0.15, 0.2) is 0 Å². The minimum absolute atomic E-state index is 0.340. The van der Waals surface area contributed by atoms with Crippen molar-refractivity contribution >= 4 is 17.8 Å². The predicted octanol–water partition coefficient (Wildman–Crippen LogP) is 2.30. The average molecular weight is 248 g/mol. The van der Waals surface area contributed by atoms with Crippen LogP contribution in [0, 0.1) is 6.92 Å². The van der Waals surface area contributed by atoms with E-state index >= 15 is 0 Å². The van der Waals surface area contributed by atoms with Crippen molar-refractivity contribution in [3.63, 3.8) is 0 Å². The van der Waals surface area contributed by atoms with Crippen LogP contribution in [0.2, 0.25) is 0 Å². The van der Waals surface area contributed by atoms with Gasteiger partial charge in [-0.1, -0.05) is 6.07 Å². The van der Waals surface area contributed by atoms with Gasteiger partial charge < -0.3 is 4.74 Å². The first-order chi connectivity index (χ1) is 8.31. The van der Waals surface area contributed by atoms with Gasteiger partial charge in [0, 0.05) is 17.5 Å². The molecule has 1 atom stereocenters. The van der Waals surface area contributed by atoms with Crippen LogP contribution in [0.25, 0.3) is 0 Å². The van der Waals surface area contributed by atoms with Gasteiger partial charge in [-0.25, -0.2) is 4.98 Å². The Hall–Kier alpha value is -1.75. The van der Waals surface area contributed by atoms with Crippen LogP contribution in [0.3, 0.4) is 0 Å². The van der Waals surface area contributed by atoms with Crippen LogP contribution in [-0.4, -0.2) is 16.4 Å². The van der Waals surface area contributed by atoms with Gasteiger partial charge in [0.05, 0.1) is 16.9 Å². The summed E-state index contributed by atoms with van der Waals surface area (Å²) in [5.74, 6) is 0. The van der Waals surface area contributed by atoms with Crippen molar-refractivity contribution in [2.75, 3.05) is 0 Å². The Morgan fingerprint density at radius 2 is 2.35 bits per heavy atom. The minimum Gasteiger partial charge on any atom is -0.458 e. The van der Waals surface area contributed by atoms with E-state index in [1.54, 1.807) is 23.0 Å². The number of aromatic nitrogens is 2. The maximum atomic E-state index is 10.5. The number of aryl methyl sites for hydroxylation is 1.